The fourth-order valence-corrected chi connectivity index (χ4v) is 3.76. The molecule has 0 aromatic heterocycles. The van der Waals surface area contributed by atoms with Gasteiger partial charge in [-0.2, -0.15) is 18.4 Å². The molecule has 27 heavy (non-hydrogen) atoms. The minimum absolute atomic E-state index is 0.162. The van der Waals surface area contributed by atoms with Gasteiger partial charge in [0, 0.05) is 31.9 Å². The minimum atomic E-state index is -4.76. The summed E-state index contributed by atoms with van der Waals surface area (Å²) in [5.41, 5.74) is -2.04. The van der Waals surface area contributed by atoms with Crippen molar-refractivity contribution in [2.75, 3.05) is 26.2 Å². The first-order valence-electron chi connectivity index (χ1n) is 9.06. The first-order chi connectivity index (χ1) is 12.9. The quantitative estimate of drug-likeness (QED) is 0.773. The van der Waals surface area contributed by atoms with Crippen LogP contribution in [-0.4, -0.2) is 47.8 Å². The van der Waals surface area contributed by atoms with E-state index in [4.69, 9.17) is 4.74 Å². The lowest BCUT2D eigenvalue weighted by Crippen LogP contribution is -2.52. The average Bonchev–Trinajstić information content (AvgIpc) is 3.05. The van der Waals surface area contributed by atoms with E-state index < -0.39 is 11.8 Å². The van der Waals surface area contributed by atoms with Crippen molar-refractivity contribution in [3.8, 4) is 6.07 Å². The average molecular weight is 377 g/mol. The Morgan fingerprint density at radius 3 is 2.44 bits per heavy atom. The lowest BCUT2D eigenvalue weighted by Gasteiger charge is -2.41. The second kappa shape index (κ2) is 7.28. The summed E-state index contributed by atoms with van der Waals surface area (Å²) in [6, 6.07) is 10.8. The van der Waals surface area contributed by atoms with Gasteiger partial charge >= 0.3 is 6.18 Å². The lowest BCUT2D eigenvalue weighted by molar-refractivity contribution is -0.241. The van der Waals surface area contributed by atoms with Crippen LogP contribution in [0.1, 0.15) is 25.8 Å². The number of benzene rings is 1. The largest absolute Gasteiger partial charge is 0.426 e. The Morgan fingerprint density at radius 1 is 1.19 bits per heavy atom. The summed E-state index contributed by atoms with van der Waals surface area (Å²) in [7, 11) is 0. The van der Waals surface area contributed by atoms with Crippen LogP contribution in [0.15, 0.2) is 47.8 Å². The zero-order chi connectivity index (χ0) is 19.7. The molecule has 0 radical (unpaired) electrons. The van der Waals surface area contributed by atoms with Gasteiger partial charge in [-0.25, -0.2) is 0 Å². The first kappa shape index (κ1) is 19.3. The SMILES string of the molecule is CCCN1CCN2C(c3ccccc3)=CC(OCC)(C(F)(F)F)C(C#N)=C12. The highest BCUT2D eigenvalue weighted by atomic mass is 19.4. The van der Waals surface area contributed by atoms with Crippen LogP contribution >= 0.6 is 0 Å². The zero-order valence-corrected chi connectivity index (χ0v) is 15.4. The van der Waals surface area contributed by atoms with Crippen molar-refractivity contribution < 1.29 is 17.9 Å². The molecule has 1 fully saturated rings. The number of fused-ring (bicyclic) bond motifs is 1. The van der Waals surface area contributed by atoms with Gasteiger partial charge in [0.1, 0.15) is 17.5 Å². The Bertz CT molecular complexity index is 795. The van der Waals surface area contributed by atoms with E-state index in [1.54, 1.807) is 24.3 Å². The van der Waals surface area contributed by atoms with Crippen LogP contribution in [0.25, 0.3) is 5.70 Å². The number of ether oxygens (including phenoxy) is 1. The normalized spacial score (nSPS) is 22.6. The zero-order valence-electron chi connectivity index (χ0n) is 15.4. The Kier molecular flexibility index (Phi) is 5.20. The van der Waals surface area contributed by atoms with Gasteiger partial charge in [0.05, 0.1) is 0 Å². The van der Waals surface area contributed by atoms with Gasteiger partial charge in [0.15, 0.2) is 0 Å². The van der Waals surface area contributed by atoms with Crippen LogP contribution in [0.3, 0.4) is 0 Å². The third-order valence-electron chi connectivity index (χ3n) is 4.84. The topological polar surface area (TPSA) is 39.5 Å². The number of nitrogens with zero attached hydrogens (tertiary/aromatic N) is 3. The van der Waals surface area contributed by atoms with Crippen LogP contribution in [0.2, 0.25) is 0 Å². The third-order valence-corrected chi connectivity index (χ3v) is 4.84. The summed E-state index contributed by atoms with van der Waals surface area (Å²) in [4.78, 5) is 3.67. The molecule has 1 aromatic carbocycles. The summed E-state index contributed by atoms with van der Waals surface area (Å²) in [5.74, 6) is 0.312. The highest BCUT2D eigenvalue weighted by Gasteiger charge is 2.62. The molecule has 2 heterocycles. The molecule has 0 aliphatic carbocycles. The highest BCUT2D eigenvalue weighted by Crippen LogP contribution is 2.49. The van der Waals surface area contributed by atoms with Crippen LogP contribution < -0.4 is 0 Å². The summed E-state index contributed by atoms with van der Waals surface area (Å²) in [6.07, 6.45) is -2.91. The molecular formula is C20H22F3N3O. The van der Waals surface area contributed by atoms with E-state index in [-0.39, 0.29) is 12.2 Å². The van der Waals surface area contributed by atoms with E-state index in [0.717, 1.165) is 12.5 Å². The van der Waals surface area contributed by atoms with E-state index in [9.17, 15) is 18.4 Å². The monoisotopic (exact) mass is 377 g/mol. The molecule has 1 saturated heterocycles. The Labute approximate surface area is 157 Å². The molecule has 0 spiro atoms. The number of halogens is 3. The summed E-state index contributed by atoms with van der Waals surface area (Å²) in [6.45, 7) is 4.99. The maximum absolute atomic E-state index is 14.3. The maximum Gasteiger partial charge on any atom is 0.426 e. The number of rotatable bonds is 5. The Balaban J connectivity index is 2.28. The van der Waals surface area contributed by atoms with Gasteiger partial charge in [0.25, 0.3) is 0 Å². The van der Waals surface area contributed by atoms with Crippen molar-refractivity contribution in [1.82, 2.24) is 9.80 Å². The number of nitriles is 1. The molecule has 2 aliphatic heterocycles. The first-order valence-corrected chi connectivity index (χ1v) is 9.06. The molecule has 1 atom stereocenters. The van der Waals surface area contributed by atoms with Crippen molar-refractivity contribution in [2.24, 2.45) is 0 Å². The van der Waals surface area contributed by atoms with Crippen LogP contribution in [0, 0.1) is 11.3 Å². The van der Waals surface area contributed by atoms with Gasteiger partial charge in [-0.05, 0) is 25.0 Å². The van der Waals surface area contributed by atoms with Gasteiger partial charge in [0.2, 0.25) is 5.60 Å². The summed E-state index contributed by atoms with van der Waals surface area (Å²) >= 11 is 0. The fraction of sp³-hybridized carbons (Fsp3) is 0.450. The van der Waals surface area contributed by atoms with Crippen molar-refractivity contribution in [1.29, 1.82) is 5.26 Å². The second-order valence-electron chi connectivity index (χ2n) is 6.51. The molecule has 0 bridgehead atoms. The van der Waals surface area contributed by atoms with Crippen molar-refractivity contribution in [3.63, 3.8) is 0 Å². The van der Waals surface area contributed by atoms with Crippen LogP contribution in [0.4, 0.5) is 13.2 Å². The Morgan fingerprint density at radius 2 is 1.89 bits per heavy atom. The van der Waals surface area contributed by atoms with Gasteiger partial charge in [-0.15, -0.1) is 0 Å². The van der Waals surface area contributed by atoms with Crippen LogP contribution in [-0.2, 0) is 4.74 Å². The molecular weight excluding hydrogens is 355 g/mol. The predicted molar refractivity (Wildman–Crippen MR) is 96.0 cm³/mol. The Hall–Kier alpha value is -2.46. The maximum atomic E-state index is 14.3. The molecule has 0 saturated carbocycles. The van der Waals surface area contributed by atoms with E-state index >= 15 is 0 Å². The highest BCUT2D eigenvalue weighted by molar-refractivity contribution is 5.72. The van der Waals surface area contributed by atoms with Crippen molar-refractivity contribution in [2.45, 2.75) is 32.0 Å². The predicted octanol–water partition coefficient (Wildman–Crippen LogP) is 4.14. The van der Waals surface area contributed by atoms with Crippen molar-refractivity contribution in [3.05, 3.63) is 53.4 Å². The molecule has 4 nitrogen and oxygen atoms in total. The minimum Gasteiger partial charge on any atom is -0.357 e. The standard InChI is InChI=1S/C20H22F3N3O/c1-3-10-25-11-12-26-17(15-8-6-5-7-9-15)13-19(27-4-2,20(21,22)23)16(14-24)18(25)26/h5-9,13H,3-4,10-12H2,1-2H3. The fourth-order valence-electron chi connectivity index (χ4n) is 3.76. The molecule has 2 aliphatic rings. The summed E-state index contributed by atoms with van der Waals surface area (Å²) < 4.78 is 48.2. The van der Waals surface area contributed by atoms with Gasteiger partial charge < -0.3 is 14.5 Å². The molecule has 1 aromatic rings. The van der Waals surface area contributed by atoms with E-state index in [1.807, 2.05) is 28.9 Å². The molecule has 144 valence electrons. The van der Waals surface area contributed by atoms with E-state index in [1.165, 1.54) is 6.92 Å². The number of hydrogen-bond donors (Lipinski definition) is 0. The smallest absolute Gasteiger partial charge is 0.357 e. The molecule has 0 N–H and O–H groups in total. The molecule has 0 amide bonds. The van der Waals surface area contributed by atoms with Gasteiger partial charge in [-0.1, -0.05) is 37.3 Å². The third kappa shape index (κ3) is 3.08. The number of hydrogen-bond acceptors (Lipinski definition) is 4. The molecule has 7 heteroatoms. The van der Waals surface area contributed by atoms with E-state index in [2.05, 4.69) is 0 Å². The van der Waals surface area contributed by atoms with E-state index in [0.29, 0.717) is 36.7 Å². The second-order valence-corrected chi connectivity index (χ2v) is 6.51. The number of alkyl halides is 3. The van der Waals surface area contributed by atoms with Crippen LogP contribution in [0.5, 0.6) is 0 Å². The molecule has 3 rings (SSSR count). The lowest BCUT2D eigenvalue weighted by atomic mass is 9.87. The van der Waals surface area contributed by atoms with Gasteiger partial charge in [-0.3, -0.25) is 0 Å². The van der Waals surface area contributed by atoms with Crippen molar-refractivity contribution >= 4 is 5.70 Å². The summed E-state index contributed by atoms with van der Waals surface area (Å²) in [5, 5.41) is 9.74. The molecule has 1 unspecified atom stereocenters.